The first-order valence-electron chi connectivity index (χ1n) is 8.61. The van der Waals surface area contributed by atoms with Gasteiger partial charge in [-0.2, -0.15) is 0 Å². The van der Waals surface area contributed by atoms with Gasteiger partial charge in [-0.25, -0.2) is 0 Å². The van der Waals surface area contributed by atoms with E-state index in [4.69, 9.17) is 27.4 Å². The molecule has 2 heterocycles. The molecule has 0 spiro atoms. The van der Waals surface area contributed by atoms with Crippen molar-refractivity contribution in [2.45, 2.75) is 37.8 Å². The Labute approximate surface area is 147 Å². The van der Waals surface area contributed by atoms with Crippen molar-refractivity contribution in [1.29, 1.82) is 0 Å². The van der Waals surface area contributed by atoms with Gasteiger partial charge in [0.25, 0.3) is 0 Å². The highest BCUT2D eigenvalue weighted by molar-refractivity contribution is 7.80. The highest BCUT2D eigenvalue weighted by Gasteiger charge is 2.25. The first kappa shape index (κ1) is 15.7. The molecular formula is C18H23N3O2S. The summed E-state index contributed by atoms with van der Waals surface area (Å²) in [5, 5.41) is 1.66. The van der Waals surface area contributed by atoms with Crippen LogP contribution in [0.2, 0.25) is 0 Å². The SMILES string of the molecule is NC(=S)N1CCOC[C@@H]1Cc1c[nH]c2ccc(OC3CCC3)cc12. The first-order valence-corrected chi connectivity index (χ1v) is 9.02. The predicted octanol–water partition coefficient (Wildman–Crippen LogP) is 2.59. The molecular weight excluding hydrogens is 322 g/mol. The Balaban J connectivity index is 1.56. The molecule has 2 fully saturated rings. The fourth-order valence-corrected chi connectivity index (χ4v) is 3.69. The number of aromatic nitrogens is 1. The Morgan fingerprint density at radius 2 is 2.29 bits per heavy atom. The van der Waals surface area contributed by atoms with Crippen molar-refractivity contribution in [3.05, 3.63) is 30.0 Å². The second-order valence-corrected chi connectivity index (χ2v) is 7.07. The van der Waals surface area contributed by atoms with Gasteiger partial charge in [0.15, 0.2) is 5.11 Å². The number of morpholine rings is 1. The zero-order chi connectivity index (χ0) is 16.5. The summed E-state index contributed by atoms with van der Waals surface area (Å²) in [6.45, 7) is 2.10. The second kappa shape index (κ2) is 6.61. The minimum Gasteiger partial charge on any atom is -0.490 e. The fourth-order valence-electron chi connectivity index (χ4n) is 3.45. The topological polar surface area (TPSA) is 63.5 Å². The third-order valence-electron chi connectivity index (χ3n) is 5.06. The quantitative estimate of drug-likeness (QED) is 0.834. The van der Waals surface area contributed by atoms with Crippen LogP contribution >= 0.6 is 12.2 Å². The van der Waals surface area contributed by atoms with Crippen molar-refractivity contribution in [3.8, 4) is 5.75 Å². The van der Waals surface area contributed by atoms with Crippen molar-refractivity contribution in [2.75, 3.05) is 19.8 Å². The molecule has 1 aliphatic heterocycles. The number of rotatable bonds is 4. The largest absolute Gasteiger partial charge is 0.490 e. The molecule has 1 aromatic carbocycles. The van der Waals surface area contributed by atoms with Gasteiger partial charge in [0.2, 0.25) is 0 Å². The predicted molar refractivity (Wildman–Crippen MR) is 98.4 cm³/mol. The van der Waals surface area contributed by atoms with E-state index in [1.807, 2.05) is 6.07 Å². The van der Waals surface area contributed by atoms with Crippen molar-refractivity contribution in [3.63, 3.8) is 0 Å². The molecule has 1 aromatic heterocycles. The lowest BCUT2D eigenvalue weighted by molar-refractivity contribution is 0.0274. The van der Waals surface area contributed by atoms with Gasteiger partial charge < -0.3 is 25.1 Å². The van der Waals surface area contributed by atoms with Crippen LogP contribution in [-0.2, 0) is 11.2 Å². The molecule has 5 nitrogen and oxygen atoms in total. The van der Waals surface area contributed by atoms with Crippen LogP contribution in [0.4, 0.5) is 0 Å². The van der Waals surface area contributed by atoms with E-state index in [-0.39, 0.29) is 6.04 Å². The number of fused-ring (bicyclic) bond motifs is 1. The van der Waals surface area contributed by atoms with Gasteiger partial charge in [0, 0.05) is 23.6 Å². The molecule has 3 N–H and O–H groups in total. The van der Waals surface area contributed by atoms with E-state index in [0.717, 1.165) is 24.2 Å². The molecule has 1 atom stereocenters. The van der Waals surface area contributed by atoms with Gasteiger partial charge in [0.05, 0.1) is 25.4 Å². The maximum Gasteiger partial charge on any atom is 0.166 e. The number of nitrogens with two attached hydrogens (primary N) is 1. The van der Waals surface area contributed by atoms with Crippen LogP contribution in [0.1, 0.15) is 24.8 Å². The normalized spacial score (nSPS) is 21.7. The van der Waals surface area contributed by atoms with Crippen LogP contribution in [-0.4, -0.2) is 46.9 Å². The number of aromatic amines is 1. The number of ether oxygens (including phenoxy) is 2. The van der Waals surface area contributed by atoms with E-state index in [9.17, 15) is 0 Å². The van der Waals surface area contributed by atoms with Crippen LogP contribution in [0, 0.1) is 0 Å². The summed E-state index contributed by atoms with van der Waals surface area (Å²) in [6.07, 6.45) is 6.93. The van der Waals surface area contributed by atoms with Gasteiger partial charge in [-0.3, -0.25) is 0 Å². The highest BCUT2D eigenvalue weighted by Crippen LogP contribution is 2.29. The number of thiocarbonyl (C=S) groups is 1. The van der Waals surface area contributed by atoms with Crippen molar-refractivity contribution < 1.29 is 9.47 Å². The Morgan fingerprint density at radius 3 is 3.04 bits per heavy atom. The molecule has 0 unspecified atom stereocenters. The number of hydrogen-bond donors (Lipinski definition) is 2. The molecule has 4 rings (SSSR count). The van der Waals surface area contributed by atoms with Gasteiger partial charge in [-0.15, -0.1) is 0 Å². The van der Waals surface area contributed by atoms with Gasteiger partial charge in [0.1, 0.15) is 5.75 Å². The first-order chi connectivity index (χ1) is 11.7. The Bertz CT molecular complexity index is 741. The summed E-state index contributed by atoms with van der Waals surface area (Å²) in [5.74, 6) is 0.958. The third-order valence-corrected chi connectivity index (χ3v) is 5.29. The summed E-state index contributed by atoms with van der Waals surface area (Å²) in [5.41, 5.74) is 8.25. The highest BCUT2D eigenvalue weighted by atomic mass is 32.1. The zero-order valence-electron chi connectivity index (χ0n) is 13.7. The minimum atomic E-state index is 0.187. The Hall–Kier alpha value is -1.79. The summed E-state index contributed by atoms with van der Waals surface area (Å²) in [7, 11) is 0. The van der Waals surface area contributed by atoms with Crippen LogP contribution < -0.4 is 10.5 Å². The molecule has 1 saturated heterocycles. The van der Waals surface area contributed by atoms with Gasteiger partial charge in [-0.05, 0) is 61.7 Å². The number of nitrogens with one attached hydrogen (secondary N) is 1. The molecule has 0 bridgehead atoms. The molecule has 2 aliphatic rings. The minimum absolute atomic E-state index is 0.187. The average Bonchev–Trinajstić information content (AvgIpc) is 2.94. The van der Waals surface area contributed by atoms with Crippen LogP contribution in [0.3, 0.4) is 0 Å². The number of nitrogens with zero attached hydrogens (tertiary/aromatic N) is 1. The summed E-state index contributed by atoms with van der Waals surface area (Å²) in [6, 6.07) is 6.47. The zero-order valence-corrected chi connectivity index (χ0v) is 14.5. The van der Waals surface area contributed by atoms with Gasteiger partial charge in [-0.1, -0.05) is 0 Å². The standard InChI is InChI=1S/C18H23N3O2S/c19-18(24)21-6-7-22-11-13(21)8-12-10-20-17-5-4-15(9-16(12)17)23-14-2-1-3-14/h4-5,9-10,13-14,20H,1-3,6-8,11H2,(H2,19,24)/t13-/m0/s1. The van der Waals surface area contributed by atoms with Crippen molar-refractivity contribution in [2.24, 2.45) is 5.73 Å². The van der Waals surface area contributed by atoms with E-state index in [1.165, 1.54) is 30.2 Å². The number of benzene rings is 1. The van der Waals surface area contributed by atoms with Crippen LogP contribution in [0.15, 0.2) is 24.4 Å². The van der Waals surface area contributed by atoms with E-state index in [0.29, 0.717) is 24.4 Å². The lowest BCUT2D eigenvalue weighted by Gasteiger charge is -2.36. The number of hydrogen-bond acceptors (Lipinski definition) is 3. The van der Waals surface area contributed by atoms with E-state index < -0.39 is 0 Å². The summed E-state index contributed by atoms with van der Waals surface area (Å²) >= 11 is 5.19. The maximum atomic E-state index is 6.04. The lowest BCUT2D eigenvalue weighted by atomic mass is 9.96. The molecule has 1 aliphatic carbocycles. The van der Waals surface area contributed by atoms with E-state index in [1.54, 1.807) is 0 Å². The Kier molecular flexibility index (Phi) is 4.33. The Morgan fingerprint density at radius 1 is 1.42 bits per heavy atom. The van der Waals surface area contributed by atoms with Crippen molar-refractivity contribution >= 4 is 28.2 Å². The lowest BCUT2D eigenvalue weighted by Crippen LogP contribution is -2.51. The molecule has 2 aromatic rings. The van der Waals surface area contributed by atoms with E-state index >= 15 is 0 Å². The molecule has 6 heteroatoms. The molecule has 1 saturated carbocycles. The monoisotopic (exact) mass is 345 g/mol. The smallest absolute Gasteiger partial charge is 0.166 e. The molecule has 24 heavy (non-hydrogen) atoms. The maximum absolute atomic E-state index is 6.04. The summed E-state index contributed by atoms with van der Waals surface area (Å²) < 4.78 is 11.7. The molecule has 0 radical (unpaired) electrons. The fraction of sp³-hybridized carbons (Fsp3) is 0.500. The van der Waals surface area contributed by atoms with Crippen LogP contribution in [0.25, 0.3) is 10.9 Å². The van der Waals surface area contributed by atoms with E-state index in [2.05, 4.69) is 28.2 Å². The van der Waals surface area contributed by atoms with Gasteiger partial charge >= 0.3 is 0 Å². The average molecular weight is 345 g/mol. The van der Waals surface area contributed by atoms with Crippen LogP contribution in [0.5, 0.6) is 5.75 Å². The second-order valence-electron chi connectivity index (χ2n) is 6.66. The molecule has 0 amide bonds. The van der Waals surface area contributed by atoms with Crippen molar-refractivity contribution in [1.82, 2.24) is 9.88 Å². The third kappa shape index (κ3) is 3.08. The summed E-state index contributed by atoms with van der Waals surface area (Å²) in [4.78, 5) is 5.43. The molecule has 128 valence electrons. The number of H-pyrrole nitrogens is 1.